The number of hydrogen-bond acceptors (Lipinski definition) is 6. The van der Waals surface area contributed by atoms with Crippen molar-refractivity contribution < 1.29 is 33.6 Å². The molecule has 0 aromatic rings. The Morgan fingerprint density at radius 2 is 1.74 bits per heavy atom. The maximum absolute atomic E-state index is 11.3. The van der Waals surface area contributed by atoms with Gasteiger partial charge in [-0.15, -0.1) is 0 Å². The molecule has 0 radical (unpaired) electrons. The van der Waals surface area contributed by atoms with E-state index >= 15 is 0 Å². The van der Waals surface area contributed by atoms with E-state index in [9.17, 15) is 9.59 Å². The topological polar surface area (TPSA) is 91.3 Å². The summed E-state index contributed by atoms with van der Waals surface area (Å²) in [7, 11) is 0. The van der Waals surface area contributed by atoms with Crippen molar-refractivity contribution >= 4 is 11.9 Å². The monoisotopic (exact) mass is 278 g/mol. The smallest absolute Gasteiger partial charge is 0.332 e. The van der Waals surface area contributed by atoms with Crippen LogP contribution < -0.4 is 0 Å². The fraction of sp³-hybridized carbons (Fsp3) is 0.833. The molecule has 1 atom stereocenters. The highest BCUT2D eigenvalue weighted by molar-refractivity contribution is 5.71. The molecule has 0 heterocycles. The summed E-state index contributed by atoms with van der Waals surface area (Å²) in [5.74, 6) is -1.50. The van der Waals surface area contributed by atoms with Gasteiger partial charge in [0, 0.05) is 0 Å². The normalized spacial score (nSPS) is 13.1. The number of carbonyl (C=O) groups is 2. The number of aliphatic carboxylic acids is 1. The SMILES string of the molecule is CC(OCCOCC(=O)OC(C)(C)C)OCC(=O)O. The molecular formula is C12H22O7. The summed E-state index contributed by atoms with van der Waals surface area (Å²) >= 11 is 0. The molecule has 0 aliphatic carbocycles. The molecule has 0 aliphatic heterocycles. The Morgan fingerprint density at radius 1 is 1.11 bits per heavy atom. The lowest BCUT2D eigenvalue weighted by atomic mass is 10.2. The number of carboxylic acids is 1. The lowest BCUT2D eigenvalue weighted by Gasteiger charge is -2.19. The average molecular weight is 278 g/mol. The van der Waals surface area contributed by atoms with E-state index in [1.807, 2.05) is 0 Å². The van der Waals surface area contributed by atoms with Crippen LogP contribution in [0.2, 0.25) is 0 Å². The maximum Gasteiger partial charge on any atom is 0.332 e. The predicted molar refractivity (Wildman–Crippen MR) is 65.7 cm³/mol. The highest BCUT2D eigenvalue weighted by Crippen LogP contribution is 2.06. The van der Waals surface area contributed by atoms with Crippen LogP contribution in [0.3, 0.4) is 0 Å². The van der Waals surface area contributed by atoms with Gasteiger partial charge in [-0.1, -0.05) is 0 Å². The molecule has 0 rings (SSSR count). The molecule has 7 heteroatoms. The lowest BCUT2D eigenvalue weighted by Crippen LogP contribution is -2.27. The summed E-state index contributed by atoms with van der Waals surface area (Å²) in [5.41, 5.74) is -0.532. The fourth-order valence-electron chi connectivity index (χ4n) is 1.04. The second-order valence-electron chi connectivity index (χ2n) is 4.78. The second kappa shape index (κ2) is 8.84. The van der Waals surface area contributed by atoms with Crippen molar-refractivity contribution in [2.45, 2.75) is 39.6 Å². The molecule has 0 saturated carbocycles. The van der Waals surface area contributed by atoms with E-state index in [1.54, 1.807) is 27.7 Å². The first-order chi connectivity index (χ1) is 8.70. The van der Waals surface area contributed by atoms with Crippen LogP contribution >= 0.6 is 0 Å². The number of carboxylic acid groups (broad SMARTS) is 1. The zero-order valence-electron chi connectivity index (χ0n) is 11.8. The summed E-state index contributed by atoms with van der Waals surface area (Å²) in [5, 5.41) is 8.37. The van der Waals surface area contributed by atoms with Gasteiger partial charge in [0.2, 0.25) is 0 Å². The zero-order chi connectivity index (χ0) is 14.9. The minimum absolute atomic E-state index is 0.148. The van der Waals surface area contributed by atoms with Gasteiger partial charge in [-0.3, -0.25) is 0 Å². The van der Waals surface area contributed by atoms with Crippen LogP contribution in [0.1, 0.15) is 27.7 Å². The molecule has 112 valence electrons. The Labute approximate surface area is 112 Å². The van der Waals surface area contributed by atoms with Crippen LogP contribution in [0.15, 0.2) is 0 Å². The number of ether oxygens (including phenoxy) is 4. The summed E-state index contributed by atoms with van der Waals surface area (Å²) in [4.78, 5) is 21.5. The molecule has 1 N–H and O–H groups in total. The minimum Gasteiger partial charge on any atom is -0.480 e. The molecule has 19 heavy (non-hydrogen) atoms. The highest BCUT2D eigenvalue weighted by atomic mass is 16.7. The number of rotatable bonds is 9. The third-order valence-electron chi connectivity index (χ3n) is 1.66. The van der Waals surface area contributed by atoms with Gasteiger partial charge in [0.05, 0.1) is 13.2 Å². The van der Waals surface area contributed by atoms with E-state index in [2.05, 4.69) is 0 Å². The van der Waals surface area contributed by atoms with Gasteiger partial charge in [-0.2, -0.15) is 0 Å². The van der Waals surface area contributed by atoms with E-state index in [-0.39, 0.29) is 19.8 Å². The number of esters is 1. The Kier molecular flexibility index (Phi) is 8.29. The molecule has 0 aromatic heterocycles. The van der Waals surface area contributed by atoms with Crippen LogP contribution in [0.25, 0.3) is 0 Å². The van der Waals surface area contributed by atoms with Crippen molar-refractivity contribution in [1.82, 2.24) is 0 Å². The van der Waals surface area contributed by atoms with E-state index in [1.165, 1.54) is 0 Å². The molecule has 1 unspecified atom stereocenters. The van der Waals surface area contributed by atoms with Crippen molar-refractivity contribution in [3.05, 3.63) is 0 Å². The quantitative estimate of drug-likeness (QED) is 0.379. The molecule has 0 bridgehead atoms. The molecule has 0 amide bonds. The summed E-state index contributed by atoms with van der Waals surface area (Å²) in [6.45, 7) is 6.73. The third-order valence-corrected chi connectivity index (χ3v) is 1.66. The highest BCUT2D eigenvalue weighted by Gasteiger charge is 2.16. The summed E-state index contributed by atoms with van der Waals surface area (Å²) in [6.07, 6.45) is -0.638. The first-order valence-corrected chi connectivity index (χ1v) is 5.95. The molecular weight excluding hydrogens is 256 g/mol. The largest absolute Gasteiger partial charge is 0.480 e. The van der Waals surface area contributed by atoms with Crippen LogP contribution in [0.5, 0.6) is 0 Å². The van der Waals surface area contributed by atoms with Crippen molar-refractivity contribution in [3.8, 4) is 0 Å². The van der Waals surface area contributed by atoms with Crippen molar-refractivity contribution in [1.29, 1.82) is 0 Å². The third kappa shape index (κ3) is 13.1. The molecule has 0 aromatic carbocycles. The van der Waals surface area contributed by atoms with Gasteiger partial charge in [0.25, 0.3) is 0 Å². The zero-order valence-corrected chi connectivity index (χ0v) is 11.8. The molecule has 0 spiro atoms. The van der Waals surface area contributed by atoms with Crippen LogP contribution in [-0.2, 0) is 28.5 Å². The van der Waals surface area contributed by atoms with Gasteiger partial charge >= 0.3 is 11.9 Å². The first kappa shape index (κ1) is 17.8. The first-order valence-electron chi connectivity index (χ1n) is 5.95. The van der Waals surface area contributed by atoms with E-state index in [0.29, 0.717) is 0 Å². The van der Waals surface area contributed by atoms with E-state index in [0.717, 1.165) is 0 Å². The van der Waals surface area contributed by atoms with Gasteiger partial charge in [-0.05, 0) is 27.7 Å². The van der Waals surface area contributed by atoms with Crippen LogP contribution in [0.4, 0.5) is 0 Å². The summed E-state index contributed by atoms with van der Waals surface area (Å²) in [6, 6.07) is 0. The Bertz CT molecular complexity index is 282. The van der Waals surface area contributed by atoms with Gasteiger partial charge in [0.1, 0.15) is 18.8 Å². The molecule has 7 nitrogen and oxygen atoms in total. The number of carbonyl (C=O) groups excluding carboxylic acids is 1. The van der Waals surface area contributed by atoms with Crippen molar-refractivity contribution in [3.63, 3.8) is 0 Å². The van der Waals surface area contributed by atoms with Gasteiger partial charge in [-0.25, -0.2) is 9.59 Å². The minimum atomic E-state index is -1.06. The van der Waals surface area contributed by atoms with Crippen molar-refractivity contribution in [2.24, 2.45) is 0 Å². The Morgan fingerprint density at radius 3 is 2.26 bits per heavy atom. The van der Waals surface area contributed by atoms with E-state index in [4.69, 9.17) is 24.1 Å². The predicted octanol–water partition coefficient (Wildman–Crippen LogP) is 0.808. The van der Waals surface area contributed by atoms with Crippen LogP contribution in [-0.4, -0.2) is 55.4 Å². The van der Waals surface area contributed by atoms with Crippen molar-refractivity contribution in [2.75, 3.05) is 26.4 Å². The standard InChI is InChI=1S/C12H22O7/c1-9(18-7-10(13)14)17-6-5-16-8-11(15)19-12(2,3)4/h9H,5-8H2,1-4H3,(H,13,14). The van der Waals surface area contributed by atoms with Crippen LogP contribution in [0, 0.1) is 0 Å². The molecule has 0 saturated heterocycles. The van der Waals surface area contributed by atoms with Gasteiger partial charge in [0.15, 0.2) is 6.29 Å². The molecule has 0 fully saturated rings. The lowest BCUT2D eigenvalue weighted by molar-refractivity contribution is -0.170. The number of hydrogen-bond donors (Lipinski definition) is 1. The Balaban J connectivity index is 3.49. The van der Waals surface area contributed by atoms with Gasteiger partial charge < -0.3 is 24.1 Å². The summed E-state index contributed by atoms with van der Waals surface area (Å²) < 4.78 is 20.0. The Hall–Kier alpha value is -1.18. The van der Waals surface area contributed by atoms with E-state index < -0.39 is 30.4 Å². The molecule has 0 aliphatic rings. The maximum atomic E-state index is 11.3. The average Bonchev–Trinajstić information content (AvgIpc) is 2.23. The fourth-order valence-corrected chi connectivity index (χ4v) is 1.04. The second-order valence-corrected chi connectivity index (χ2v) is 4.78.